The molecule has 2 heterocycles. The number of rotatable bonds is 1. The van der Waals surface area contributed by atoms with Gasteiger partial charge in [0.05, 0.1) is 11.2 Å². The highest BCUT2D eigenvalue weighted by Crippen LogP contribution is 2.45. The number of hydroxylamine groups is 1. The van der Waals surface area contributed by atoms with Crippen LogP contribution in [0.3, 0.4) is 0 Å². The Morgan fingerprint density at radius 2 is 1.87 bits per heavy atom. The Hall–Kier alpha value is -2.31. The highest BCUT2D eigenvalue weighted by molar-refractivity contribution is 9.10. The van der Waals surface area contributed by atoms with E-state index in [1.54, 1.807) is 6.20 Å². The number of benzene rings is 2. The zero-order valence-electron chi connectivity index (χ0n) is 12.3. The molecule has 3 aromatic rings. The summed E-state index contributed by atoms with van der Waals surface area (Å²) in [6.45, 7) is 1.83. The molecular weight excluding hydrogens is 356 g/mol. The van der Waals surface area contributed by atoms with Crippen molar-refractivity contribution in [2.45, 2.75) is 12.6 Å². The summed E-state index contributed by atoms with van der Waals surface area (Å²) in [4.78, 5) is 4.31. The van der Waals surface area contributed by atoms with Crippen molar-refractivity contribution in [1.82, 2.24) is 4.98 Å². The lowest BCUT2D eigenvalue weighted by atomic mass is 9.99. The summed E-state index contributed by atoms with van der Waals surface area (Å²) in [6, 6.07) is 15.1. The van der Waals surface area contributed by atoms with Gasteiger partial charge in [0.2, 0.25) is 0 Å². The zero-order chi connectivity index (χ0) is 16.0. The number of anilines is 1. The van der Waals surface area contributed by atoms with Gasteiger partial charge in [-0.15, -0.1) is 0 Å². The molecule has 1 aliphatic heterocycles. The lowest BCUT2D eigenvalue weighted by Gasteiger charge is -2.37. The highest BCUT2D eigenvalue weighted by Gasteiger charge is 2.38. The number of hydrogen-bond acceptors (Lipinski definition) is 5. The van der Waals surface area contributed by atoms with Gasteiger partial charge in [-0.2, -0.15) is 10.2 Å². The molecule has 5 nitrogen and oxygen atoms in total. The van der Waals surface area contributed by atoms with Gasteiger partial charge in [-0.05, 0) is 43.3 Å². The van der Waals surface area contributed by atoms with E-state index < -0.39 is 5.66 Å². The van der Waals surface area contributed by atoms with E-state index in [0.29, 0.717) is 11.4 Å². The van der Waals surface area contributed by atoms with Crippen LogP contribution >= 0.6 is 15.9 Å². The molecular formula is C17H13BrN4O. The summed E-state index contributed by atoms with van der Waals surface area (Å²) in [6.07, 6.45) is 1.73. The maximum absolute atomic E-state index is 10.8. The van der Waals surface area contributed by atoms with Crippen molar-refractivity contribution >= 4 is 38.2 Å². The SMILES string of the molecule is CC1(c2ccc(Br)cc2)N=Nc2c(ccc3ncccc23)N1O. The van der Waals surface area contributed by atoms with E-state index in [2.05, 4.69) is 31.1 Å². The summed E-state index contributed by atoms with van der Waals surface area (Å²) < 4.78 is 0.972. The van der Waals surface area contributed by atoms with Gasteiger partial charge < -0.3 is 0 Å². The number of pyridine rings is 1. The standard InChI is InChI=1S/C17H13BrN4O/c1-17(11-4-6-12(18)7-5-11)21-20-16-13-3-2-10-19-14(13)8-9-15(16)22(17)23/h2-10,23H,1H3. The maximum Gasteiger partial charge on any atom is 0.199 e. The van der Waals surface area contributed by atoms with Crippen molar-refractivity contribution < 1.29 is 5.21 Å². The molecule has 1 unspecified atom stereocenters. The van der Waals surface area contributed by atoms with E-state index in [0.717, 1.165) is 20.9 Å². The number of hydrogen-bond donors (Lipinski definition) is 1. The lowest BCUT2D eigenvalue weighted by Crippen LogP contribution is -2.41. The van der Waals surface area contributed by atoms with Crippen LogP contribution in [-0.4, -0.2) is 10.2 Å². The van der Waals surface area contributed by atoms with Crippen LogP contribution in [0.5, 0.6) is 0 Å². The van der Waals surface area contributed by atoms with Crippen LogP contribution in [0.4, 0.5) is 11.4 Å². The Balaban J connectivity index is 1.89. The first-order chi connectivity index (χ1) is 11.1. The summed E-state index contributed by atoms with van der Waals surface area (Å²) >= 11 is 3.42. The average Bonchev–Trinajstić information content (AvgIpc) is 2.58. The molecule has 0 fully saturated rings. The van der Waals surface area contributed by atoms with Gasteiger partial charge in [-0.1, -0.05) is 28.1 Å². The fourth-order valence-corrected chi connectivity index (χ4v) is 3.04. The van der Waals surface area contributed by atoms with Crippen LogP contribution in [0, 0.1) is 0 Å². The average molecular weight is 369 g/mol. The van der Waals surface area contributed by atoms with Gasteiger partial charge in [-0.25, -0.2) is 5.06 Å². The molecule has 0 bridgehead atoms. The third-order valence-corrected chi connectivity index (χ3v) is 4.64. The Labute approximate surface area is 141 Å². The van der Waals surface area contributed by atoms with E-state index in [1.807, 2.05) is 55.5 Å². The highest BCUT2D eigenvalue weighted by atomic mass is 79.9. The van der Waals surface area contributed by atoms with E-state index in [1.165, 1.54) is 5.06 Å². The van der Waals surface area contributed by atoms with Crippen LogP contribution in [0.15, 0.2) is 69.4 Å². The molecule has 0 amide bonds. The van der Waals surface area contributed by atoms with Gasteiger partial charge >= 0.3 is 0 Å². The summed E-state index contributed by atoms with van der Waals surface area (Å²) in [5.41, 5.74) is 1.96. The first-order valence-electron chi connectivity index (χ1n) is 7.15. The predicted octanol–water partition coefficient (Wildman–Crippen LogP) is 5.16. The fraction of sp³-hybridized carbons (Fsp3) is 0.118. The van der Waals surface area contributed by atoms with Gasteiger partial charge in [-0.3, -0.25) is 10.2 Å². The monoisotopic (exact) mass is 368 g/mol. The fourth-order valence-electron chi connectivity index (χ4n) is 2.77. The molecule has 0 aliphatic carbocycles. The normalized spacial score (nSPS) is 19.9. The Kier molecular flexibility index (Phi) is 3.18. The first-order valence-corrected chi connectivity index (χ1v) is 7.95. The smallest absolute Gasteiger partial charge is 0.199 e. The van der Waals surface area contributed by atoms with E-state index in [9.17, 15) is 5.21 Å². The van der Waals surface area contributed by atoms with Gasteiger partial charge in [0.25, 0.3) is 0 Å². The number of fused-ring (bicyclic) bond motifs is 3. The molecule has 2 aromatic carbocycles. The molecule has 4 rings (SSSR count). The molecule has 0 radical (unpaired) electrons. The minimum atomic E-state index is -0.969. The van der Waals surface area contributed by atoms with Gasteiger partial charge in [0.15, 0.2) is 5.66 Å². The zero-order valence-corrected chi connectivity index (χ0v) is 13.9. The maximum atomic E-state index is 10.8. The lowest BCUT2D eigenvalue weighted by molar-refractivity contribution is 0.155. The van der Waals surface area contributed by atoms with Crippen molar-refractivity contribution in [3.63, 3.8) is 0 Å². The van der Waals surface area contributed by atoms with Crippen LogP contribution in [0.1, 0.15) is 12.5 Å². The van der Waals surface area contributed by atoms with Crippen molar-refractivity contribution in [3.8, 4) is 0 Å². The van der Waals surface area contributed by atoms with E-state index in [-0.39, 0.29) is 0 Å². The molecule has 0 saturated heterocycles. The Bertz CT molecular complexity index is 926. The topological polar surface area (TPSA) is 61.1 Å². The van der Waals surface area contributed by atoms with Crippen molar-refractivity contribution in [2.75, 3.05) is 5.06 Å². The number of aromatic nitrogens is 1. The Morgan fingerprint density at radius 3 is 2.65 bits per heavy atom. The van der Waals surface area contributed by atoms with Crippen molar-refractivity contribution in [3.05, 3.63) is 64.8 Å². The van der Waals surface area contributed by atoms with Crippen LogP contribution in [0.25, 0.3) is 10.9 Å². The molecule has 0 saturated carbocycles. The molecule has 6 heteroatoms. The first kappa shape index (κ1) is 14.3. The third-order valence-electron chi connectivity index (χ3n) is 4.11. The second-order valence-electron chi connectivity index (χ2n) is 5.54. The van der Waals surface area contributed by atoms with E-state index >= 15 is 0 Å². The van der Waals surface area contributed by atoms with Crippen LogP contribution in [0.2, 0.25) is 0 Å². The van der Waals surface area contributed by atoms with Crippen LogP contribution in [-0.2, 0) is 5.66 Å². The Morgan fingerprint density at radius 1 is 1.09 bits per heavy atom. The minimum Gasteiger partial charge on any atom is -0.286 e. The second kappa shape index (κ2) is 5.11. The molecule has 0 spiro atoms. The summed E-state index contributed by atoms with van der Waals surface area (Å²) in [7, 11) is 0. The summed E-state index contributed by atoms with van der Waals surface area (Å²) in [5.74, 6) is 0. The minimum absolute atomic E-state index is 0.617. The van der Waals surface area contributed by atoms with Crippen molar-refractivity contribution in [1.29, 1.82) is 0 Å². The number of halogens is 1. The van der Waals surface area contributed by atoms with Crippen molar-refractivity contribution in [2.24, 2.45) is 10.2 Å². The quantitative estimate of drug-likeness (QED) is 0.644. The van der Waals surface area contributed by atoms with Gasteiger partial charge in [0, 0.05) is 21.6 Å². The third kappa shape index (κ3) is 2.14. The molecule has 1 atom stereocenters. The number of nitrogens with zero attached hydrogens (tertiary/aromatic N) is 4. The molecule has 114 valence electrons. The van der Waals surface area contributed by atoms with Gasteiger partial charge in [0.1, 0.15) is 5.69 Å². The van der Waals surface area contributed by atoms with Crippen LogP contribution < -0.4 is 5.06 Å². The van der Waals surface area contributed by atoms with E-state index in [4.69, 9.17) is 0 Å². The molecule has 1 aromatic heterocycles. The second-order valence-corrected chi connectivity index (χ2v) is 6.46. The predicted molar refractivity (Wildman–Crippen MR) is 92.0 cm³/mol. The largest absolute Gasteiger partial charge is 0.286 e. The molecule has 1 aliphatic rings. The molecule has 1 N–H and O–H groups in total. The number of azo groups is 1. The summed E-state index contributed by atoms with van der Waals surface area (Å²) in [5, 5.41) is 21.6. The molecule has 23 heavy (non-hydrogen) atoms.